The van der Waals surface area contributed by atoms with Gasteiger partial charge in [0.1, 0.15) is 5.82 Å². The highest BCUT2D eigenvalue weighted by atomic mass is 32.2. The van der Waals surface area contributed by atoms with Crippen molar-refractivity contribution in [2.75, 3.05) is 25.6 Å². The summed E-state index contributed by atoms with van der Waals surface area (Å²) in [6.07, 6.45) is 3.17. The zero-order valence-corrected chi connectivity index (χ0v) is 13.3. The van der Waals surface area contributed by atoms with Crippen molar-refractivity contribution < 1.29 is 4.39 Å². The van der Waals surface area contributed by atoms with E-state index < -0.39 is 0 Å². The van der Waals surface area contributed by atoms with Crippen molar-refractivity contribution >= 4 is 11.8 Å². The molecule has 110 valence electrons. The van der Waals surface area contributed by atoms with E-state index in [0.29, 0.717) is 30.3 Å². The first-order valence-electron chi connectivity index (χ1n) is 6.78. The van der Waals surface area contributed by atoms with Crippen molar-refractivity contribution in [2.24, 2.45) is 5.73 Å². The molecule has 20 heavy (non-hydrogen) atoms. The largest absolute Gasteiger partial charge is 0.320 e. The molecule has 0 amide bonds. The Morgan fingerprint density at radius 1 is 1.45 bits per heavy atom. The van der Waals surface area contributed by atoms with Crippen LogP contribution in [0.5, 0.6) is 0 Å². The van der Waals surface area contributed by atoms with E-state index >= 15 is 0 Å². The van der Waals surface area contributed by atoms with Crippen molar-refractivity contribution in [1.82, 2.24) is 4.90 Å². The summed E-state index contributed by atoms with van der Waals surface area (Å²) in [6.45, 7) is 3.08. The predicted molar refractivity (Wildman–Crippen MR) is 86.3 cm³/mol. The summed E-state index contributed by atoms with van der Waals surface area (Å²) in [4.78, 5) is 2.21. The first-order valence-corrected chi connectivity index (χ1v) is 8.18. The lowest BCUT2D eigenvalue weighted by Crippen LogP contribution is -2.32. The zero-order chi connectivity index (χ0) is 15.0. The normalized spacial score (nSPS) is 12.1. The van der Waals surface area contributed by atoms with E-state index in [9.17, 15) is 4.39 Å². The smallest absolute Gasteiger partial charge is 0.128 e. The van der Waals surface area contributed by atoms with Crippen LogP contribution in [0.3, 0.4) is 0 Å². The molecule has 0 aliphatic carbocycles. The molecule has 0 spiro atoms. The van der Waals surface area contributed by atoms with Crippen molar-refractivity contribution in [3.8, 4) is 11.8 Å². The lowest BCUT2D eigenvalue weighted by atomic mass is 10.1. The maximum atomic E-state index is 14.1. The number of nitrogens with two attached hydrogens (primary N) is 1. The van der Waals surface area contributed by atoms with Crippen molar-refractivity contribution in [1.29, 1.82) is 0 Å². The summed E-state index contributed by atoms with van der Waals surface area (Å²) in [5.41, 5.74) is 6.70. The molecule has 1 unspecified atom stereocenters. The Hall–Kier alpha value is -1.02. The molecule has 1 rings (SSSR count). The van der Waals surface area contributed by atoms with Gasteiger partial charge in [-0.05, 0) is 31.9 Å². The van der Waals surface area contributed by atoms with Crippen LogP contribution in [-0.4, -0.2) is 36.5 Å². The third-order valence-corrected chi connectivity index (χ3v) is 3.98. The summed E-state index contributed by atoms with van der Waals surface area (Å²) in [5.74, 6) is 6.45. The predicted octanol–water partition coefficient (Wildman–Crippen LogP) is 2.71. The van der Waals surface area contributed by atoms with Gasteiger partial charge in [0, 0.05) is 29.5 Å². The van der Waals surface area contributed by atoms with E-state index in [1.54, 1.807) is 0 Å². The van der Waals surface area contributed by atoms with Crippen LogP contribution in [-0.2, 0) is 6.54 Å². The van der Waals surface area contributed by atoms with Crippen LogP contribution in [0, 0.1) is 17.7 Å². The first kappa shape index (κ1) is 17.0. The lowest BCUT2D eigenvalue weighted by molar-refractivity contribution is 0.244. The quantitative estimate of drug-likeness (QED) is 0.818. The van der Waals surface area contributed by atoms with E-state index in [0.717, 1.165) is 12.2 Å². The molecule has 0 aliphatic heterocycles. The van der Waals surface area contributed by atoms with E-state index in [1.807, 2.05) is 30.9 Å². The number of rotatable bonds is 6. The van der Waals surface area contributed by atoms with Crippen molar-refractivity contribution in [2.45, 2.75) is 25.9 Å². The first-order chi connectivity index (χ1) is 9.62. The summed E-state index contributed by atoms with van der Waals surface area (Å²) < 4.78 is 14.1. The van der Waals surface area contributed by atoms with Crippen LogP contribution < -0.4 is 5.73 Å². The van der Waals surface area contributed by atoms with Crippen LogP contribution in [0.15, 0.2) is 18.2 Å². The maximum Gasteiger partial charge on any atom is 0.128 e. The molecule has 0 radical (unpaired) electrons. The van der Waals surface area contributed by atoms with E-state index in [4.69, 9.17) is 5.73 Å². The van der Waals surface area contributed by atoms with Crippen molar-refractivity contribution in [3.05, 3.63) is 35.1 Å². The minimum Gasteiger partial charge on any atom is -0.320 e. The average molecular weight is 294 g/mol. The third-order valence-electron chi connectivity index (χ3n) is 3.26. The molecule has 0 fully saturated rings. The van der Waals surface area contributed by atoms with Gasteiger partial charge in [-0.15, -0.1) is 0 Å². The molecule has 4 heteroatoms. The highest BCUT2D eigenvalue weighted by Gasteiger charge is 2.14. The molecule has 0 aliphatic rings. The van der Waals surface area contributed by atoms with Gasteiger partial charge in [0.25, 0.3) is 0 Å². The Kier molecular flexibility index (Phi) is 7.68. The summed E-state index contributed by atoms with van der Waals surface area (Å²) in [7, 11) is 2.05. The summed E-state index contributed by atoms with van der Waals surface area (Å²) >= 11 is 1.82. The highest BCUT2D eigenvalue weighted by molar-refractivity contribution is 7.98. The number of hydrogen-bond donors (Lipinski definition) is 1. The van der Waals surface area contributed by atoms with Gasteiger partial charge < -0.3 is 5.73 Å². The monoisotopic (exact) mass is 294 g/mol. The van der Waals surface area contributed by atoms with Gasteiger partial charge in [-0.3, -0.25) is 4.90 Å². The van der Waals surface area contributed by atoms with Gasteiger partial charge >= 0.3 is 0 Å². The molecule has 0 saturated carbocycles. The Morgan fingerprint density at radius 3 is 2.75 bits per heavy atom. The summed E-state index contributed by atoms with van der Waals surface area (Å²) in [5, 5.41) is 0. The zero-order valence-electron chi connectivity index (χ0n) is 12.4. The second-order valence-corrected chi connectivity index (χ2v) is 5.66. The second-order valence-electron chi connectivity index (χ2n) is 4.74. The van der Waals surface area contributed by atoms with Crippen LogP contribution in [0.1, 0.15) is 24.5 Å². The number of hydrogen-bond acceptors (Lipinski definition) is 3. The minimum absolute atomic E-state index is 0.195. The molecule has 0 bridgehead atoms. The van der Waals surface area contributed by atoms with Gasteiger partial charge in [0.05, 0.1) is 6.54 Å². The van der Waals surface area contributed by atoms with Crippen LogP contribution in [0.4, 0.5) is 4.39 Å². The van der Waals surface area contributed by atoms with Gasteiger partial charge in [-0.2, -0.15) is 11.8 Å². The number of halogens is 1. The van der Waals surface area contributed by atoms with Gasteiger partial charge in [-0.1, -0.05) is 24.8 Å². The molecule has 0 aromatic heterocycles. The SMILES string of the molecule is CCC(CSC)N(C)Cc1ccc(C#CCN)cc1F. The molecular weight excluding hydrogens is 271 g/mol. The Labute approximate surface area is 125 Å². The van der Waals surface area contributed by atoms with Crippen molar-refractivity contribution in [3.63, 3.8) is 0 Å². The average Bonchev–Trinajstić information content (AvgIpc) is 2.44. The second kappa shape index (κ2) is 9.02. The van der Waals surface area contributed by atoms with Gasteiger partial charge in [0.15, 0.2) is 0 Å². The molecule has 2 nitrogen and oxygen atoms in total. The fourth-order valence-electron chi connectivity index (χ4n) is 2.05. The standard InChI is InChI=1S/C16H23FN2S/c1-4-15(12-20-3)19(2)11-14-8-7-13(6-5-9-18)10-16(14)17/h7-8,10,15H,4,9,11-12,18H2,1-3H3. The summed E-state index contributed by atoms with van der Waals surface area (Å²) in [6, 6.07) is 5.63. The van der Waals surface area contributed by atoms with Crippen LogP contribution >= 0.6 is 11.8 Å². The van der Waals surface area contributed by atoms with E-state index in [1.165, 1.54) is 6.07 Å². The lowest BCUT2D eigenvalue weighted by Gasteiger charge is -2.26. The molecule has 2 N–H and O–H groups in total. The number of benzene rings is 1. The van der Waals surface area contributed by atoms with Gasteiger partial charge in [-0.25, -0.2) is 4.39 Å². The molecule has 1 atom stereocenters. The molecule has 0 heterocycles. The molecular formula is C16H23FN2S. The molecule has 1 aromatic rings. The fraction of sp³-hybridized carbons (Fsp3) is 0.500. The Balaban J connectivity index is 2.77. The van der Waals surface area contributed by atoms with E-state index in [-0.39, 0.29) is 5.82 Å². The van der Waals surface area contributed by atoms with Crippen LogP contribution in [0.2, 0.25) is 0 Å². The Bertz CT molecular complexity index is 479. The number of thioether (sulfide) groups is 1. The molecule has 0 saturated heterocycles. The minimum atomic E-state index is -0.195. The molecule has 1 aromatic carbocycles. The van der Waals surface area contributed by atoms with E-state index in [2.05, 4.69) is 29.9 Å². The number of nitrogens with zero attached hydrogens (tertiary/aromatic N) is 1. The third kappa shape index (κ3) is 5.16. The van der Waals surface area contributed by atoms with Crippen LogP contribution in [0.25, 0.3) is 0 Å². The Morgan fingerprint density at radius 2 is 2.20 bits per heavy atom. The maximum absolute atomic E-state index is 14.1. The topological polar surface area (TPSA) is 29.3 Å². The van der Waals surface area contributed by atoms with Gasteiger partial charge in [0.2, 0.25) is 0 Å². The fourth-order valence-corrected chi connectivity index (χ4v) is 2.93. The highest BCUT2D eigenvalue weighted by Crippen LogP contribution is 2.16.